The van der Waals surface area contributed by atoms with Crippen molar-refractivity contribution in [3.05, 3.63) is 53.3 Å². The topological polar surface area (TPSA) is 74.3 Å². The number of hydrogen-bond acceptors (Lipinski definition) is 4. The Morgan fingerprint density at radius 3 is 2.24 bits per heavy atom. The lowest BCUT2D eigenvalue weighted by Crippen LogP contribution is -2.32. The van der Waals surface area contributed by atoms with Crippen LogP contribution in [0.4, 0.5) is 11.4 Å². The van der Waals surface area contributed by atoms with Crippen molar-refractivity contribution in [1.82, 2.24) is 9.88 Å². The van der Waals surface area contributed by atoms with Crippen molar-refractivity contribution in [1.29, 1.82) is 0 Å². The first kappa shape index (κ1) is 18.9. The van der Waals surface area contributed by atoms with Crippen molar-refractivity contribution in [3.8, 4) is 0 Å². The summed E-state index contributed by atoms with van der Waals surface area (Å²) in [5.74, 6) is -0.233. The summed E-state index contributed by atoms with van der Waals surface area (Å²) in [6, 6.07) is 10.6. The lowest BCUT2D eigenvalue weighted by molar-refractivity contribution is -0.117. The summed E-state index contributed by atoms with van der Waals surface area (Å²) < 4.78 is 0. The fourth-order valence-corrected chi connectivity index (χ4v) is 2.39. The molecule has 1 aromatic carbocycles. The highest BCUT2D eigenvalue weighted by Gasteiger charge is 2.10. The third-order valence-electron chi connectivity index (χ3n) is 3.50. The maximum Gasteiger partial charge on any atom is 0.238 e. The van der Waals surface area contributed by atoms with Crippen LogP contribution in [0, 0.1) is 0 Å². The van der Waals surface area contributed by atoms with Crippen LogP contribution in [0.15, 0.2) is 42.6 Å². The first-order valence-corrected chi connectivity index (χ1v) is 8.34. The number of carbonyl (C=O) groups excluding carboxylic acids is 2. The molecule has 0 aliphatic heterocycles. The van der Waals surface area contributed by atoms with Crippen molar-refractivity contribution in [3.63, 3.8) is 0 Å². The van der Waals surface area contributed by atoms with Gasteiger partial charge < -0.3 is 10.6 Å². The smallest absolute Gasteiger partial charge is 0.238 e. The molecule has 6 nitrogen and oxygen atoms in total. The van der Waals surface area contributed by atoms with Crippen molar-refractivity contribution >= 4 is 34.8 Å². The van der Waals surface area contributed by atoms with Gasteiger partial charge >= 0.3 is 0 Å². The Morgan fingerprint density at radius 2 is 1.72 bits per heavy atom. The van der Waals surface area contributed by atoms with Crippen LogP contribution in [0.2, 0.25) is 5.15 Å². The number of carbonyl (C=O) groups is 2. The summed E-state index contributed by atoms with van der Waals surface area (Å²) in [6.07, 6.45) is 1.71. The molecule has 2 N–H and O–H groups in total. The Morgan fingerprint density at radius 1 is 1.08 bits per heavy atom. The molecule has 0 aliphatic carbocycles. The Bertz CT molecular complexity index is 717. The van der Waals surface area contributed by atoms with E-state index in [9.17, 15) is 9.59 Å². The minimum atomic E-state index is -0.132. The van der Waals surface area contributed by atoms with Gasteiger partial charge in [0.15, 0.2) is 0 Å². The van der Waals surface area contributed by atoms with Gasteiger partial charge in [-0.1, -0.05) is 24.6 Å². The molecule has 2 amide bonds. The lowest BCUT2D eigenvalue weighted by atomic mass is 10.2. The summed E-state index contributed by atoms with van der Waals surface area (Å²) in [4.78, 5) is 29.3. The maximum absolute atomic E-state index is 12.2. The number of hydrogen-bond donors (Lipinski definition) is 2. The Hall–Kier alpha value is -2.44. The molecule has 0 saturated carbocycles. The van der Waals surface area contributed by atoms with Crippen LogP contribution in [-0.4, -0.2) is 34.8 Å². The predicted molar refractivity (Wildman–Crippen MR) is 99.6 cm³/mol. The van der Waals surface area contributed by atoms with Gasteiger partial charge in [-0.25, -0.2) is 4.98 Å². The standard InChI is InChI=1S/C18H21ClN4O2/c1-3-23(11-14-4-9-17(19)20-10-14)12-18(25)22-16-7-5-15(6-8-16)21-13(2)24/h4-10H,3,11-12H2,1-2H3,(H,21,24)(H,22,25). The molecule has 0 bridgehead atoms. The van der Waals surface area contributed by atoms with Crippen molar-refractivity contribution in [2.75, 3.05) is 23.7 Å². The first-order chi connectivity index (χ1) is 12.0. The number of aromatic nitrogens is 1. The van der Waals surface area contributed by atoms with Gasteiger partial charge in [-0.15, -0.1) is 0 Å². The van der Waals surface area contributed by atoms with E-state index in [1.165, 1.54) is 6.92 Å². The van der Waals surface area contributed by atoms with Crippen LogP contribution in [0.25, 0.3) is 0 Å². The molecule has 2 rings (SSSR count). The fourth-order valence-electron chi connectivity index (χ4n) is 2.28. The molecular formula is C18H21ClN4O2. The van der Waals surface area contributed by atoms with Crippen molar-refractivity contribution in [2.45, 2.75) is 20.4 Å². The van der Waals surface area contributed by atoms with Gasteiger partial charge in [-0.05, 0) is 42.4 Å². The number of rotatable bonds is 7. The van der Waals surface area contributed by atoms with Gasteiger partial charge in [0, 0.05) is 31.0 Å². The van der Waals surface area contributed by atoms with Gasteiger partial charge in [-0.2, -0.15) is 0 Å². The minimum absolute atomic E-state index is 0.101. The number of nitrogens with one attached hydrogen (secondary N) is 2. The highest BCUT2D eigenvalue weighted by molar-refractivity contribution is 6.29. The molecule has 7 heteroatoms. The largest absolute Gasteiger partial charge is 0.326 e. The predicted octanol–water partition coefficient (Wildman–Crippen LogP) is 3.15. The van der Waals surface area contributed by atoms with Crippen LogP contribution in [0.3, 0.4) is 0 Å². The first-order valence-electron chi connectivity index (χ1n) is 7.96. The number of nitrogens with zero attached hydrogens (tertiary/aromatic N) is 2. The van der Waals surface area contributed by atoms with E-state index < -0.39 is 0 Å². The summed E-state index contributed by atoms with van der Waals surface area (Å²) >= 11 is 5.78. The number of pyridine rings is 1. The molecular weight excluding hydrogens is 340 g/mol. The third-order valence-corrected chi connectivity index (χ3v) is 3.72. The molecule has 0 radical (unpaired) electrons. The van der Waals surface area contributed by atoms with Crippen LogP contribution in [-0.2, 0) is 16.1 Å². The molecule has 0 fully saturated rings. The van der Waals surface area contributed by atoms with Gasteiger partial charge in [-0.3, -0.25) is 14.5 Å². The second-order valence-electron chi connectivity index (χ2n) is 5.60. The zero-order valence-corrected chi connectivity index (χ0v) is 15.0. The van der Waals surface area contributed by atoms with E-state index in [1.807, 2.05) is 17.9 Å². The van der Waals surface area contributed by atoms with E-state index in [4.69, 9.17) is 11.6 Å². The Balaban J connectivity index is 1.88. The number of likely N-dealkylation sites (N-methyl/N-ethyl adjacent to an activating group) is 1. The molecule has 25 heavy (non-hydrogen) atoms. The van der Waals surface area contributed by atoms with E-state index in [1.54, 1.807) is 36.5 Å². The van der Waals surface area contributed by atoms with E-state index >= 15 is 0 Å². The van der Waals surface area contributed by atoms with Crippen LogP contribution < -0.4 is 10.6 Å². The summed E-state index contributed by atoms with van der Waals surface area (Å²) in [5, 5.41) is 5.99. The second kappa shape index (κ2) is 9.15. The maximum atomic E-state index is 12.2. The van der Waals surface area contributed by atoms with Gasteiger partial charge in [0.05, 0.1) is 6.54 Å². The van der Waals surface area contributed by atoms with Gasteiger partial charge in [0.1, 0.15) is 5.15 Å². The SMILES string of the molecule is CCN(CC(=O)Nc1ccc(NC(C)=O)cc1)Cc1ccc(Cl)nc1. The lowest BCUT2D eigenvalue weighted by Gasteiger charge is -2.19. The normalized spacial score (nSPS) is 10.6. The van der Waals surface area contributed by atoms with E-state index in [0.717, 1.165) is 12.1 Å². The summed E-state index contributed by atoms with van der Waals surface area (Å²) in [7, 11) is 0. The number of anilines is 2. The average Bonchev–Trinajstić information content (AvgIpc) is 2.57. The van der Waals surface area contributed by atoms with Gasteiger partial charge in [0.25, 0.3) is 0 Å². The molecule has 0 saturated heterocycles. The molecule has 1 heterocycles. The van der Waals surface area contributed by atoms with E-state index in [2.05, 4.69) is 15.6 Å². The Labute approximate surface area is 152 Å². The zero-order valence-electron chi connectivity index (χ0n) is 14.3. The molecule has 2 aromatic rings. The Kier molecular flexibility index (Phi) is 6.91. The average molecular weight is 361 g/mol. The molecule has 1 aromatic heterocycles. The molecule has 132 valence electrons. The summed E-state index contributed by atoms with van der Waals surface area (Å²) in [6.45, 7) is 5.07. The molecule has 0 spiro atoms. The second-order valence-corrected chi connectivity index (χ2v) is 5.99. The van der Waals surface area contributed by atoms with E-state index in [-0.39, 0.29) is 18.4 Å². The number of amides is 2. The molecule has 0 atom stereocenters. The van der Waals surface area contributed by atoms with Crippen LogP contribution in [0.5, 0.6) is 0 Å². The monoisotopic (exact) mass is 360 g/mol. The number of halogens is 1. The van der Waals surface area contributed by atoms with Crippen LogP contribution in [0.1, 0.15) is 19.4 Å². The molecule has 0 aliphatic rings. The highest BCUT2D eigenvalue weighted by atomic mass is 35.5. The quantitative estimate of drug-likeness (QED) is 0.744. The summed E-state index contributed by atoms with van der Waals surface area (Å²) in [5.41, 5.74) is 2.37. The molecule has 0 unspecified atom stereocenters. The van der Waals surface area contributed by atoms with Crippen LogP contribution >= 0.6 is 11.6 Å². The highest BCUT2D eigenvalue weighted by Crippen LogP contribution is 2.14. The van der Waals surface area contributed by atoms with Crippen molar-refractivity contribution < 1.29 is 9.59 Å². The van der Waals surface area contributed by atoms with Gasteiger partial charge in [0.2, 0.25) is 11.8 Å². The van der Waals surface area contributed by atoms with Crippen molar-refractivity contribution in [2.24, 2.45) is 0 Å². The number of benzene rings is 1. The zero-order chi connectivity index (χ0) is 18.2. The fraction of sp³-hybridized carbons (Fsp3) is 0.278. The van der Waals surface area contributed by atoms with E-state index in [0.29, 0.717) is 23.1 Å². The minimum Gasteiger partial charge on any atom is -0.326 e. The third kappa shape index (κ3) is 6.52.